The van der Waals surface area contributed by atoms with Crippen LogP contribution in [0.2, 0.25) is 0 Å². The topological polar surface area (TPSA) is 89.8 Å². The number of carbonyl (C=O) groups is 3. The second-order valence-corrected chi connectivity index (χ2v) is 6.83. The van der Waals surface area contributed by atoms with E-state index in [1.807, 2.05) is 38.1 Å². The molecule has 1 aromatic heterocycles. The van der Waals surface area contributed by atoms with Gasteiger partial charge in [-0.1, -0.05) is 30.3 Å². The van der Waals surface area contributed by atoms with Crippen molar-refractivity contribution in [1.82, 2.24) is 9.99 Å². The summed E-state index contributed by atoms with van der Waals surface area (Å²) >= 11 is 0. The van der Waals surface area contributed by atoms with Gasteiger partial charge >= 0.3 is 5.97 Å². The molecule has 0 spiro atoms. The van der Waals surface area contributed by atoms with Gasteiger partial charge in [-0.25, -0.2) is 10.2 Å². The Morgan fingerprint density at radius 3 is 2.57 bits per heavy atom. The molecule has 2 aromatic rings. The normalized spacial score (nSPS) is 14.8. The van der Waals surface area contributed by atoms with Crippen LogP contribution >= 0.6 is 0 Å². The van der Waals surface area contributed by atoms with Crippen molar-refractivity contribution in [2.24, 2.45) is 5.10 Å². The van der Waals surface area contributed by atoms with E-state index in [4.69, 9.17) is 4.74 Å². The number of nitrogens with zero attached hydrogens (tertiary/aromatic N) is 2. The quantitative estimate of drug-likeness (QED) is 0.615. The maximum Gasteiger partial charge on any atom is 0.354 e. The summed E-state index contributed by atoms with van der Waals surface area (Å²) in [4.78, 5) is 35.7. The summed E-state index contributed by atoms with van der Waals surface area (Å²) < 4.78 is 7.20. The number of hydrogen-bond acceptors (Lipinski definition) is 5. The van der Waals surface area contributed by atoms with Crippen LogP contribution in [0.15, 0.2) is 41.5 Å². The zero-order chi connectivity index (χ0) is 20.3. The highest BCUT2D eigenvalue weighted by molar-refractivity contribution is 6.37. The SMILES string of the molecule is Cc1cc(C(=O)COC(=O)C2=NNC(=O)CC2)c(C)n1[C@H](C)c1ccccc1. The second-order valence-electron chi connectivity index (χ2n) is 6.83. The number of hydrazone groups is 1. The highest BCUT2D eigenvalue weighted by Crippen LogP contribution is 2.25. The summed E-state index contributed by atoms with van der Waals surface area (Å²) in [5.41, 5.74) is 5.83. The lowest BCUT2D eigenvalue weighted by atomic mass is 10.1. The molecule has 0 bridgehead atoms. The number of benzene rings is 1. The monoisotopic (exact) mass is 381 g/mol. The van der Waals surface area contributed by atoms with Crippen molar-refractivity contribution < 1.29 is 19.1 Å². The summed E-state index contributed by atoms with van der Waals surface area (Å²) in [5.74, 6) is -1.19. The number of rotatable bonds is 6. The van der Waals surface area contributed by atoms with Gasteiger partial charge in [0.25, 0.3) is 0 Å². The van der Waals surface area contributed by atoms with E-state index < -0.39 is 5.97 Å². The fourth-order valence-corrected chi connectivity index (χ4v) is 3.45. The second kappa shape index (κ2) is 8.21. The molecule has 7 nitrogen and oxygen atoms in total. The Kier molecular flexibility index (Phi) is 5.73. The van der Waals surface area contributed by atoms with Crippen LogP contribution in [0.25, 0.3) is 0 Å². The van der Waals surface area contributed by atoms with Crippen molar-refractivity contribution in [3.63, 3.8) is 0 Å². The number of aromatic nitrogens is 1. The molecule has 1 N–H and O–H groups in total. The summed E-state index contributed by atoms with van der Waals surface area (Å²) in [7, 11) is 0. The predicted molar refractivity (Wildman–Crippen MR) is 104 cm³/mol. The van der Waals surface area contributed by atoms with Crippen molar-refractivity contribution in [3.8, 4) is 0 Å². The fraction of sp³-hybridized carbons (Fsp3) is 0.333. The van der Waals surface area contributed by atoms with Gasteiger partial charge in [-0.3, -0.25) is 9.59 Å². The third kappa shape index (κ3) is 4.03. The average molecular weight is 381 g/mol. The van der Waals surface area contributed by atoms with Gasteiger partial charge < -0.3 is 9.30 Å². The molecule has 0 aliphatic carbocycles. The molecule has 0 fully saturated rings. The molecule has 28 heavy (non-hydrogen) atoms. The van der Waals surface area contributed by atoms with Gasteiger partial charge in [0.2, 0.25) is 11.7 Å². The molecule has 1 aliphatic rings. The number of Topliss-reactive ketones (excluding diaryl/α,β-unsaturated/α-hetero) is 1. The predicted octanol–water partition coefficient (Wildman–Crippen LogP) is 2.71. The molecular weight excluding hydrogens is 358 g/mol. The van der Waals surface area contributed by atoms with E-state index in [0.717, 1.165) is 17.0 Å². The lowest BCUT2D eigenvalue weighted by Crippen LogP contribution is -2.31. The lowest BCUT2D eigenvalue weighted by Gasteiger charge is -2.19. The van der Waals surface area contributed by atoms with Gasteiger partial charge in [-0.05, 0) is 32.4 Å². The van der Waals surface area contributed by atoms with Crippen LogP contribution in [0.1, 0.15) is 53.1 Å². The van der Waals surface area contributed by atoms with Crippen molar-refractivity contribution in [2.45, 2.75) is 39.7 Å². The first-order valence-corrected chi connectivity index (χ1v) is 9.17. The first-order valence-electron chi connectivity index (χ1n) is 9.17. The minimum absolute atomic E-state index is 0.0745. The van der Waals surface area contributed by atoms with E-state index in [0.29, 0.717) is 5.56 Å². The Balaban J connectivity index is 1.71. The molecular formula is C21H23N3O4. The summed E-state index contributed by atoms with van der Waals surface area (Å²) in [5, 5.41) is 3.68. The molecule has 1 atom stereocenters. The number of nitrogens with one attached hydrogen (secondary N) is 1. The van der Waals surface area contributed by atoms with Crippen molar-refractivity contribution in [1.29, 1.82) is 0 Å². The van der Waals surface area contributed by atoms with E-state index in [9.17, 15) is 14.4 Å². The Morgan fingerprint density at radius 2 is 1.93 bits per heavy atom. The Morgan fingerprint density at radius 1 is 1.21 bits per heavy atom. The average Bonchev–Trinajstić information content (AvgIpc) is 3.00. The van der Waals surface area contributed by atoms with Gasteiger partial charge in [0, 0.05) is 29.8 Å². The van der Waals surface area contributed by atoms with Gasteiger partial charge in [0.05, 0.1) is 6.04 Å². The largest absolute Gasteiger partial charge is 0.453 e. The molecule has 1 aliphatic heterocycles. The highest BCUT2D eigenvalue weighted by atomic mass is 16.5. The van der Waals surface area contributed by atoms with Crippen LogP contribution in [0.3, 0.4) is 0 Å². The van der Waals surface area contributed by atoms with Crippen molar-refractivity contribution in [3.05, 3.63) is 58.9 Å². The lowest BCUT2D eigenvalue weighted by molar-refractivity contribution is -0.134. The molecule has 1 aromatic carbocycles. The number of ether oxygens (including phenoxy) is 1. The van der Waals surface area contributed by atoms with Gasteiger partial charge in [-0.15, -0.1) is 0 Å². The molecule has 7 heteroatoms. The van der Waals surface area contributed by atoms with Crippen LogP contribution in [-0.4, -0.2) is 34.5 Å². The molecule has 0 radical (unpaired) electrons. The minimum atomic E-state index is -0.681. The Labute approximate surface area is 163 Å². The van der Waals surface area contributed by atoms with Gasteiger partial charge in [0.1, 0.15) is 5.71 Å². The zero-order valence-electron chi connectivity index (χ0n) is 16.2. The van der Waals surface area contributed by atoms with Crippen molar-refractivity contribution in [2.75, 3.05) is 6.61 Å². The summed E-state index contributed by atoms with van der Waals surface area (Å²) in [6, 6.07) is 11.9. The van der Waals surface area contributed by atoms with Crippen LogP contribution in [0.4, 0.5) is 0 Å². The van der Waals surface area contributed by atoms with Crippen LogP contribution in [-0.2, 0) is 14.3 Å². The van der Waals surface area contributed by atoms with Crippen molar-refractivity contribution >= 4 is 23.4 Å². The number of amides is 1. The van der Waals surface area contributed by atoms with Crippen LogP contribution in [0.5, 0.6) is 0 Å². The minimum Gasteiger partial charge on any atom is -0.453 e. The summed E-state index contributed by atoms with van der Waals surface area (Å²) in [6.07, 6.45) is 0.391. The molecule has 2 heterocycles. The molecule has 3 rings (SSSR count). The smallest absolute Gasteiger partial charge is 0.354 e. The highest BCUT2D eigenvalue weighted by Gasteiger charge is 2.23. The third-order valence-corrected chi connectivity index (χ3v) is 4.93. The number of ketones is 1. The van der Waals surface area contributed by atoms with Crippen LogP contribution < -0.4 is 5.43 Å². The maximum atomic E-state index is 12.6. The number of carbonyl (C=O) groups excluding carboxylic acids is 3. The molecule has 0 saturated heterocycles. The van der Waals surface area contributed by atoms with Gasteiger partial charge in [-0.2, -0.15) is 5.10 Å². The third-order valence-electron chi connectivity index (χ3n) is 4.93. The van der Waals surface area contributed by atoms with E-state index in [2.05, 4.69) is 34.2 Å². The molecule has 146 valence electrons. The number of aryl methyl sites for hydroxylation is 1. The molecule has 1 amide bonds. The first-order chi connectivity index (χ1) is 13.4. The summed E-state index contributed by atoms with van der Waals surface area (Å²) in [6.45, 7) is 5.56. The zero-order valence-corrected chi connectivity index (χ0v) is 16.2. The van der Waals surface area contributed by atoms with E-state index in [1.54, 1.807) is 0 Å². The molecule has 0 saturated carbocycles. The number of hydrogen-bond donors (Lipinski definition) is 1. The van der Waals surface area contributed by atoms with E-state index >= 15 is 0 Å². The van der Waals surface area contributed by atoms with Gasteiger partial charge in [0.15, 0.2) is 6.61 Å². The van der Waals surface area contributed by atoms with E-state index in [-0.39, 0.29) is 42.9 Å². The van der Waals surface area contributed by atoms with Crippen LogP contribution in [0, 0.1) is 13.8 Å². The maximum absolute atomic E-state index is 12.6. The Bertz CT molecular complexity index is 944. The standard InChI is InChI=1S/C21H23N3O4/c1-13-11-17(15(3)24(13)14(2)16-7-5-4-6-8-16)19(25)12-28-21(27)18-9-10-20(26)23-22-18/h4-8,11,14H,9-10,12H2,1-3H3,(H,23,26)/t14-/m1/s1. The molecule has 0 unspecified atom stereocenters. The van der Waals surface area contributed by atoms with E-state index in [1.165, 1.54) is 0 Å². The fourth-order valence-electron chi connectivity index (χ4n) is 3.45. The first kappa shape index (κ1) is 19.5. The Hall–Kier alpha value is -3.22. The number of esters is 1.